The highest BCUT2D eigenvalue weighted by atomic mass is 32.1. The van der Waals surface area contributed by atoms with Crippen LogP contribution >= 0.6 is 22.7 Å². The first-order valence-corrected chi connectivity index (χ1v) is 7.02. The Kier molecular flexibility index (Phi) is 4.04. The number of nitrogens with one attached hydrogen (secondary N) is 1. The third-order valence-electron chi connectivity index (χ3n) is 2.32. The summed E-state index contributed by atoms with van der Waals surface area (Å²) in [5.41, 5.74) is 4.17. The monoisotopic (exact) mass is 253 g/mol. The predicted octanol–water partition coefficient (Wildman–Crippen LogP) is 2.55. The smallest absolute Gasteiger partial charge is 0.0900 e. The van der Waals surface area contributed by atoms with E-state index in [0.29, 0.717) is 0 Å². The maximum atomic E-state index is 4.42. The average Bonchev–Trinajstić information content (AvgIpc) is 2.84. The van der Waals surface area contributed by atoms with Crippen molar-refractivity contribution < 1.29 is 0 Å². The zero-order valence-electron chi connectivity index (χ0n) is 9.49. The fourth-order valence-electron chi connectivity index (χ4n) is 1.55. The molecule has 2 rings (SSSR count). The van der Waals surface area contributed by atoms with Gasteiger partial charge in [0.25, 0.3) is 0 Å². The van der Waals surface area contributed by atoms with Crippen molar-refractivity contribution >= 4 is 22.7 Å². The normalized spacial score (nSPS) is 10.9. The fourth-order valence-corrected chi connectivity index (χ4v) is 3.04. The van der Waals surface area contributed by atoms with Gasteiger partial charge in [-0.15, -0.1) is 22.7 Å². The summed E-state index contributed by atoms with van der Waals surface area (Å²) in [7, 11) is 0. The molecule has 1 N–H and O–H groups in total. The van der Waals surface area contributed by atoms with Crippen molar-refractivity contribution in [1.82, 2.24) is 15.3 Å². The molecule has 2 heterocycles. The molecule has 2 aromatic rings. The van der Waals surface area contributed by atoms with E-state index in [1.807, 2.05) is 5.51 Å². The minimum absolute atomic E-state index is 0.861. The standard InChI is InChI=1S/C11H15N3S2/c1-8-11(16-9(2)14-8)3-4-12-5-10-6-15-7-13-10/h6-7,12H,3-5H2,1-2H3. The van der Waals surface area contributed by atoms with Gasteiger partial charge in [-0.3, -0.25) is 0 Å². The van der Waals surface area contributed by atoms with Gasteiger partial charge in [0.2, 0.25) is 0 Å². The second kappa shape index (κ2) is 5.52. The molecule has 86 valence electrons. The molecule has 0 spiro atoms. The van der Waals surface area contributed by atoms with Crippen molar-refractivity contribution in [2.24, 2.45) is 0 Å². The molecule has 0 fully saturated rings. The van der Waals surface area contributed by atoms with Crippen LogP contribution in [0.4, 0.5) is 0 Å². The molecule has 3 nitrogen and oxygen atoms in total. The third kappa shape index (κ3) is 3.10. The molecule has 0 bridgehead atoms. The number of aromatic nitrogens is 2. The van der Waals surface area contributed by atoms with E-state index >= 15 is 0 Å². The van der Waals surface area contributed by atoms with Crippen LogP contribution in [-0.2, 0) is 13.0 Å². The van der Waals surface area contributed by atoms with Crippen molar-refractivity contribution in [2.45, 2.75) is 26.8 Å². The average molecular weight is 253 g/mol. The van der Waals surface area contributed by atoms with Crippen molar-refractivity contribution in [1.29, 1.82) is 0 Å². The van der Waals surface area contributed by atoms with E-state index in [0.717, 1.165) is 30.2 Å². The molecule has 0 radical (unpaired) electrons. The molecule has 0 unspecified atom stereocenters. The molecule has 5 heteroatoms. The third-order valence-corrected chi connectivity index (χ3v) is 4.09. The second-order valence-electron chi connectivity index (χ2n) is 3.65. The Morgan fingerprint density at radius 3 is 2.88 bits per heavy atom. The van der Waals surface area contributed by atoms with Crippen molar-refractivity contribution in [3.8, 4) is 0 Å². The van der Waals surface area contributed by atoms with Gasteiger partial charge < -0.3 is 5.32 Å². The highest BCUT2D eigenvalue weighted by Crippen LogP contribution is 2.17. The molecule has 16 heavy (non-hydrogen) atoms. The van der Waals surface area contributed by atoms with Crippen LogP contribution in [0.5, 0.6) is 0 Å². The van der Waals surface area contributed by atoms with Crippen LogP contribution in [0.2, 0.25) is 0 Å². The molecule has 0 aliphatic heterocycles. The highest BCUT2D eigenvalue weighted by molar-refractivity contribution is 7.11. The van der Waals surface area contributed by atoms with E-state index in [1.165, 1.54) is 10.6 Å². The number of nitrogens with zero attached hydrogens (tertiary/aromatic N) is 2. The lowest BCUT2D eigenvalue weighted by molar-refractivity contribution is 0.679. The van der Waals surface area contributed by atoms with E-state index in [4.69, 9.17) is 0 Å². The van der Waals surface area contributed by atoms with E-state index < -0.39 is 0 Å². The Labute approximate surface area is 104 Å². The summed E-state index contributed by atoms with van der Waals surface area (Å²) in [6.45, 7) is 5.99. The molecule has 2 aromatic heterocycles. The number of aryl methyl sites for hydroxylation is 2. The van der Waals surface area contributed by atoms with E-state index in [-0.39, 0.29) is 0 Å². The highest BCUT2D eigenvalue weighted by Gasteiger charge is 2.03. The number of hydrogen-bond acceptors (Lipinski definition) is 5. The van der Waals surface area contributed by atoms with E-state index in [1.54, 1.807) is 22.7 Å². The van der Waals surface area contributed by atoms with Crippen LogP contribution in [0.3, 0.4) is 0 Å². The molecule has 0 aromatic carbocycles. The van der Waals surface area contributed by atoms with Gasteiger partial charge >= 0.3 is 0 Å². The molecular formula is C11H15N3S2. The molecular weight excluding hydrogens is 238 g/mol. The fraction of sp³-hybridized carbons (Fsp3) is 0.455. The first-order chi connectivity index (χ1) is 7.75. The lowest BCUT2D eigenvalue weighted by Gasteiger charge is -2.01. The van der Waals surface area contributed by atoms with Gasteiger partial charge in [0.15, 0.2) is 0 Å². The van der Waals surface area contributed by atoms with Crippen LogP contribution in [0, 0.1) is 13.8 Å². The summed E-state index contributed by atoms with van der Waals surface area (Å²) in [6.07, 6.45) is 1.06. The SMILES string of the molecule is Cc1nc(C)c(CCNCc2cscn2)s1. The number of hydrogen-bond donors (Lipinski definition) is 1. The topological polar surface area (TPSA) is 37.8 Å². The van der Waals surface area contributed by atoms with Gasteiger partial charge in [-0.2, -0.15) is 0 Å². The molecule has 0 amide bonds. The largest absolute Gasteiger partial charge is 0.311 e. The number of rotatable bonds is 5. The summed E-state index contributed by atoms with van der Waals surface area (Å²) < 4.78 is 0. The summed E-state index contributed by atoms with van der Waals surface area (Å²) in [6, 6.07) is 0. The summed E-state index contributed by atoms with van der Waals surface area (Å²) in [4.78, 5) is 10.0. The van der Waals surface area contributed by atoms with Gasteiger partial charge in [-0.05, 0) is 20.3 Å². The maximum absolute atomic E-state index is 4.42. The zero-order chi connectivity index (χ0) is 11.4. The summed E-state index contributed by atoms with van der Waals surface area (Å²) >= 11 is 3.44. The van der Waals surface area contributed by atoms with Crippen molar-refractivity contribution in [3.05, 3.63) is 32.2 Å². The van der Waals surface area contributed by atoms with Crippen molar-refractivity contribution in [3.63, 3.8) is 0 Å². The van der Waals surface area contributed by atoms with Gasteiger partial charge in [-0.25, -0.2) is 9.97 Å². The Morgan fingerprint density at radius 2 is 2.25 bits per heavy atom. The zero-order valence-corrected chi connectivity index (χ0v) is 11.1. The van der Waals surface area contributed by atoms with Crippen LogP contribution < -0.4 is 5.32 Å². The van der Waals surface area contributed by atoms with E-state index in [9.17, 15) is 0 Å². The van der Waals surface area contributed by atoms with Gasteiger partial charge in [0.05, 0.1) is 21.9 Å². The molecule has 0 atom stereocenters. The van der Waals surface area contributed by atoms with Gasteiger partial charge in [0.1, 0.15) is 0 Å². The minimum Gasteiger partial charge on any atom is -0.311 e. The molecule has 0 aliphatic carbocycles. The Morgan fingerprint density at radius 1 is 1.38 bits per heavy atom. The summed E-state index contributed by atoms with van der Waals surface area (Å²) in [5.74, 6) is 0. The van der Waals surface area contributed by atoms with Crippen molar-refractivity contribution in [2.75, 3.05) is 6.54 Å². The summed E-state index contributed by atoms with van der Waals surface area (Å²) in [5, 5.41) is 6.63. The maximum Gasteiger partial charge on any atom is 0.0900 e. The quantitative estimate of drug-likeness (QED) is 0.832. The molecule has 0 saturated carbocycles. The van der Waals surface area contributed by atoms with Crippen LogP contribution in [0.25, 0.3) is 0 Å². The molecule has 0 aliphatic rings. The van der Waals surface area contributed by atoms with E-state index in [2.05, 4.69) is 34.5 Å². The Bertz CT molecular complexity index is 434. The van der Waals surface area contributed by atoms with Crippen LogP contribution in [-0.4, -0.2) is 16.5 Å². The predicted molar refractivity (Wildman–Crippen MR) is 69.1 cm³/mol. The first kappa shape index (κ1) is 11.7. The molecule has 0 saturated heterocycles. The van der Waals surface area contributed by atoms with Gasteiger partial charge in [-0.1, -0.05) is 0 Å². The van der Waals surface area contributed by atoms with Crippen LogP contribution in [0.15, 0.2) is 10.9 Å². The first-order valence-electron chi connectivity index (χ1n) is 5.26. The second-order valence-corrected chi connectivity index (χ2v) is 5.65. The minimum atomic E-state index is 0.861. The van der Waals surface area contributed by atoms with Gasteiger partial charge in [0, 0.05) is 23.3 Å². The lowest BCUT2D eigenvalue weighted by atomic mass is 10.3. The lowest BCUT2D eigenvalue weighted by Crippen LogP contribution is -2.16. The Balaban J connectivity index is 1.74. The van der Waals surface area contributed by atoms with Crippen LogP contribution in [0.1, 0.15) is 21.3 Å². The number of thiazole rings is 2. The Hall–Kier alpha value is -0.780.